The van der Waals surface area contributed by atoms with Crippen LogP contribution >= 0.6 is 23.4 Å². The van der Waals surface area contributed by atoms with Crippen LogP contribution in [0.3, 0.4) is 0 Å². The number of morpholine rings is 1. The lowest BCUT2D eigenvalue weighted by Gasteiger charge is -2.38. The van der Waals surface area contributed by atoms with Gasteiger partial charge in [0.1, 0.15) is 0 Å². The number of rotatable bonds is 8. The molecule has 1 heterocycles. The van der Waals surface area contributed by atoms with Crippen LogP contribution in [-0.2, 0) is 15.3 Å². The Labute approximate surface area is 176 Å². The van der Waals surface area contributed by atoms with Gasteiger partial charge < -0.3 is 10.1 Å². The molecule has 0 aliphatic carbocycles. The standard InChI is InChI=1S/C22H27ClN2O2S/c1-17(24-21(26)16-28-15-18-7-9-20(23)10-8-18)22(19-5-3-2-4-6-19)25-11-13-27-14-12-25/h2-10,17,22H,11-16H2,1H3,(H,24,26)/t17-,22+/m1/s1. The number of carbonyl (C=O) groups is 1. The number of hydrogen-bond acceptors (Lipinski definition) is 4. The summed E-state index contributed by atoms with van der Waals surface area (Å²) in [6.07, 6.45) is 0. The van der Waals surface area contributed by atoms with Crippen molar-refractivity contribution in [2.45, 2.75) is 24.8 Å². The van der Waals surface area contributed by atoms with Crippen LogP contribution in [0.15, 0.2) is 54.6 Å². The lowest BCUT2D eigenvalue weighted by Crippen LogP contribution is -2.48. The Morgan fingerprint density at radius 3 is 2.50 bits per heavy atom. The number of nitrogens with zero attached hydrogens (tertiary/aromatic N) is 1. The van der Waals surface area contributed by atoms with Crippen LogP contribution < -0.4 is 5.32 Å². The Hall–Kier alpha value is -1.53. The molecule has 1 saturated heterocycles. The summed E-state index contributed by atoms with van der Waals surface area (Å²) in [5, 5.41) is 3.94. The summed E-state index contributed by atoms with van der Waals surface area (Å²) in [5.74, 6) is 1.31. The van der Waals surface area contributed by atoms with Crippen LogP contribution in [0.4, 0.5) is 0 Å². The fourth-order valence-electron chi connectivity index (χ4n) is 3.54. The maximum absolute atomic E-state index is 12.5. The molecule has 28 heavy (non-hydrogen) atoms. The number of ether oxygens (including phenoxy) is 1. The van der Waals surface area contributed by atoms with Gasteiger partial charge in [0.05, 0.1) is 25.0 Å². The predicted octanol–water partition coefficient (Wildman–Crippen LogP) is 4.15. The molecule has 0 spiro atoms. The Morgan fingerprint density at radius 2 is 1.82 bits per heavy atom. The molecule has 1 aliphatic rings. The van der Waals surface area contributed by atoms with Crippen molar-refractivity contribution in [1.82, 2.24) is 10.2 Å². The van der Waals surface area contributed by atoms with E-state index in [4.69, 9.17) is 16.3 Å². The van der Waals surface area contributed by atoms with Crippen LogP contribution in [0.5, 0.6) is 0 Å². The van der Waals surface area contributed by atoms with Gasteiger partial charge >= 0.3 is 0 Å². The lowest BCUT2D eigenvalue weighted by molar-refractivity contribution is -0.119. The molecule has 1 N–H and O–H groups in total. The van der Waals surface area contributed by atoms with E-state index >= 15 is 0 Å². The number of nitrogens with one attached hydrogen (secondary N) is 1. The number of amides is 1. The van der Waals surface area contributed by atoms with Gasteiger partial charge in [-0.05, 0) is 30.2 Å². The molecule has 1 aliphatic heterocycles. The summed E-state index contributed by atoms with van der Waals surface area (Å²) >= 11 is 7.53. The number of carbonyl (C=O) groups excluding carboxylic acids is 1. The Balaban J connectivity index is 1.55. The van der Waals surface area contributed by atoms with Gasteiger partial charge in [-0.15, -0.1) is 11.8 Å². The molecule has 0 radical (unpaired) electrons. The third-order valence-electron chi connectivity index (χ3n) is 4.86. The van der Waals surface area contributed by atoms with Crippen molar-refractivity contribution in [3.05, 3.63) is 70.7 Å². The zero-order chi connectivity index (χ0) is 19.8. The molecule has 2 aromatic rings. The molecule has 150 valence electrons. The van der Waals surface area contributed by atoms with E-state index in [2.05, 4.69) is 41.4 Å². The van der Waals surface area contributed by atoms with Crippen molar-refractivity contribution >= 4 is 29.3 Å². The van der Waals surface area contributed by atoms with E-state index in [0.29, 0.717) is 5.75 Å². The molecule has 6 heteroatoms. The maximum atomic E-state index is 12.5. The molecule has 1 amide bonds. The van der Waals surface area contributed by atoms with E-state index in [0.717, 1.165) is 37.1 Å². The van der Waals surface area contributed by atoms with E-state index in [1.165, 1.54) is 11.1 Å². The smallest absolute Gasteiger partial charge is 0.230 e. The van der Waals surface area contributed by atoms with Crippen LogP contribution in [0.1, 0.15) is 24.1 Å². The fraction of sp³-hybridized carbons (Fsp3) is 0.409. The van der Waals surface area contributed by atoms with Gasteiger partial charge in [-0.1, -0.05) is 54.1 Å². The molecule has 2 atom stereocenters. The minimum absolute atomic E-state index is 0.0177. The third kappa shape index (κ3) is 6.24. The van der Waals surface area contributed by atoms with E-state index in [9.17, 15) is 4.79 Å². The molecule has 0 saturated carbocycles. The van der Waals surface area contributed by atoms with Gasteiger partial charge in [0.25, 0.3) is 0 Å². The first-order valence-electron chi connectivity index (χ1n) is 9.62. The largest absolute Gasteiger partial charge is 0.379 e. The minimum atomic E-state index is 0.0177. The number of hydrogen-bond donors (Lipinski definition) is 1. The lowest BCUT2D eigenvalue weighted by atomic mass is 9.98. The average molecular weight is 419 g/mol. The Kier molecular flexibility index (Phi) is 8.22. The van der Waals surface area contributed by atoms with Crippen LogP contribution in [-0.4, -0.2) is 48.9 Å². The fourth-order valence-corrected chi connectivity index (χ4v) is 4.46. The highest BCUT2D eigenvalue weighted by molar-refractivity contribution is 7.99. The highest BCUT2D eigenvalue weighted by Gasteiger charge is 2.28. The van der Waals surface area contributed by atoms with E-state index < -0.39 is 0 Å². The van der Waals surface area contributed by atoms with Crippen molar-refractivity contribution in [2.75, 3.05) is 32.1 Å². The van der Waals surface area contributed by atoms with Crippen molar-refractivity contribution in [1.29, 1.82) is 0 Å². The summed E-state index contributed by atoms with van der Waals surface area (Å²) in [5.41, 5.74) is 2.40. The highest BCUT2D eigenvalue weighted by Crippen LogP contribution is 2.25. The second kappa shape index (κ2) is 10.9. The molecule has 3 rings (SSSR count). The second-order valence-electron chi connectivity index (χ2n) is 6.98. The molecule has 0 aromatic heterocycles. The van der Waals surface area contributed by atoms with E-state index in [1.807, 2.05) is 30.3 Å². The Morgan fingerprint density at radius 1 is 1.14 bits per heavy atom. The number of thioether (sulfide) groups is 1. The normalized spacial score (nSPS) is 17.1. The minimum Gasteiger partial charge on any atom is -0.379 e. The van der Waals surface area contributed by atoms with Gasteiger partial charge in [0, 0.05) is 29.9 Å². The summed E-state index contributed by atoms with van der Waals surface area (Å²) in [6.45, 7) is 5.33. The van der Waals surface area contributed by atoms with E-state index in [1.54, 1.807) is 11.8 Å². The monoisotopic (exact) mass is 418 g/mol. The highest BCUT2D eigenvalue weighted by atomic mass is 35.5. The quantitative estimate of drug-likeness (QED) is 0.699. The van der Waals surface area contributed by atoms with Crippen molar-refractivity contribution in [3.63, 3.8) is 0 Å². The first-order chi connectivity index (χ1) is 13.6. The van der Waals surface area contributed by atoms with Crippen molar-refractivity contribution in [2.24, 2.45) is 0 Å². The summed E-state index contributed by atoms with van der Waals surface area (Å²) in [6, 6.07) is 18.3. The molecule has 0 bridgehead atoms. The molecule has 2 aromatic carbocycles. The first kappa shape index (κ1) is 21.2. The van der Waals surface area contributed by atoms with Gasteiger partial charge in [0.2, 0.25) is 5.91 Å². The van der Waals surface area contributed by atoms with Crippen LogP contribution in [0, 0.1) is 0 Å². The van der Waals surface area contributed by atoms with Crippen LogP contribution in [0.25, 0.3) is 0 Å². The molecule has 0 unspecified atom stereocenters. The zero-order valence-corrected chi connectivity index (χ0v) is 17.7. The SMILES string of the molecule is C[C@@H](NC(=O)CSCc1ccc(Cl)cc1)[C@@H](c1ccccc1)N1CCOCC1. The number of halogens is 1. The average Bonchev–Trinajstić information content (AvgIpc) is 2.71. The number of benzene rings is 2. The zero-order valence-electron chi connectivity index (χ0n) is 16.1. The molecule has 4 nitrogen and oxygen atoms in total. The van der Waals surface area contributed by atoms with Gasteiger partial charge in [-0.25, -0.2) is 0 Å². The molecular weight excluding hydrogens is 392 g/mol. The maximum Gasteiger partial charge on any atom is 0.230 e. The van der Waals surface area contributed by atoms with Crippen LogP contribution in [0.2, 0.25) is 5.02 Å². The Bertz CT molecular complexity index is 736. The molecular formula is C22H27ClN2O2S. The van der Waals surface area contributed by atoms with Gasteiger partial charge in [-0.2, -0.15) is 0 Å². The van der Waals surface area contributed by atoms with Gasteiger partial charge in [0.15, 0.2) is 0 Å². The predicted molar refractivity (Wildman–Crippen MR) is 117 cm³/mol. The summed E-state index contributed by atoms with van der Waals surface area (Å²) in [7, 11) is 0. The van der Waals surface area contributed by atoms with Gasteiger partial charge in [-0.3, -0.25) is 9.69 Å². The summed E-state index contributed by atoms with van der Waals surface area (Å²) < 4.78 is 5.51. The first-order valence-corrected chi connectivity index (χ1v) is 11.1. The third-order valence-corrected chi connectivity index (χ3v) is 6.11. The van der Waals surface area contributed by atoms with Crippen molar-refractivity contribution in [3.8, 4) is 0 Å². The second-order valence-corrected chi connectivity index (χ2v) is 8.40. The topological polar surface area (TPSA) is 41.6 Å². The molecule has 1 fully saturated rings. The van der Waals surface area contributed by atoms with E-state index in [-0.39, 0.29) is 18.0 Å². The summed E-state index contributed by atoms with van der Waals surface area (Å²) in [4.78, 5) is 14.9. The van der Waals surface area contributed by atoms with Crippen molar-refractivity contribution < 1.29 is 9.53 Å².